The van der Waals surface area contributed by atoms with Crippen molar-refractivity contribution >= 4 is 22.6 Å². The van der Waals surface area contributed by atoms with E-state index in [9.17, 15) is 9.59 Å². The van der Waals surface area contributed by atoms with Crippen LogP contribution in [0.3, 0.4) is 0 Å². The molecule has 0 radical (unpaired) electrons. The molecule has 0 atom stereocenters. The molecule has 3 aromatic rings. The van der Waals surface area contributed by atoms with Crippen LogP contribution in [-0.2, 0) is 11.3 Å². The van der Waals surface area contributed by atoms with Gasteiger partial charge in [0.05, 0.1) is 25.3 Å². The molecule has 6 nitrogen and oxygen atoms in total. The summed E-state index contributed by atoms with van der Waals surface area (Å²) in [5, 5.41) is 4.11. The Hall–Kier alpha value is -3.28. The van der Waals surface area contributed by atoms with Crippen molar-refractivity contribution in [1.82, 2.24) is 4.98 Å². The van der Waals surface area contributed by atoms with E-state index < -0.39 is 0 Å². The standard InChI is InChI=1S/C19H18N2O4/c1-24-16-8-5-13-9-14(18(22)21-17(13)10-16)11-20-15-6-3-12(4-7-15)19(23)25-2/h3-10,20H,11H2,1-2H3,(H,21,22). The zero-order chi connectivity index (χ0) is 17.8. The van der Waals surface area contributed by atoms with Gasteiger partial charge in [-0.2, -0.15) is 0 Å². The van der Waals surface area contributed by atoms with Crippen LogP contribution in [0.15, 0.2) is 53.3 Å². The zero-order valence-electron chi connectivity index (χ0n) is 14.0. The van der Waals surface area contributed by atoms with E-state index in [1.165, 1.54) is 7.11 Å². The van der Waals surface area contributed by atoms with E-state index in [-0.39, 0.29) is 11.5 Å². The summed E-state index contributed by atoms with van der Waals surface area (Å²) >= 11 is 0. The fourth-order valence-corrected chi connectivity index (χ4v) is 2.52. The molecule has 0 saturated heterocycles. The number of anilines is 1. The molecule has 1 aromatic heterocycles. The average Bonchev–Trinajstić information content (AvgIpc) is 2.65. The molecule has 1 heterocycles. The predicted molar refractivity (Wildman–Crippen MR) is 96.2 cm³/mol. The molecule has 0 saturated carbocycles. The SMILES string of the molecule is COC(=O)c1ccc(NCc2cc3ccc(OC)cc3[nH]c2=O)cc1. The molecule has 0 amide bonds. The van der Waals surface area contributed by atoms with Gasteiger partial charge >= 0.3 is 5.97 Å². The first-order valence-corrected chi connectivity index (χ1v) is 7.73. The molecular formula is C19H18N2O4. The van der Waals surface area contributed by atoms with Gasteiger partial charge in [0.2, 0.25) is 0 Å². The Morgan fingerprint density at radius 3 is 2.52 bits per heavy atom. The van der Waals surface area contributed by atoms with Crippen LogP contribution in [0.4, 0.5) is 5.69 Å². The lowest BCUT2D eigenvalue weighted by Gasteiger charge is -2.08. The third-order valence-corrected chi connectivity index (χ3v) is 3.92. The van der Waals surface area contributed by atoms with E-state index in [0.717, 1.165) is 16.6 Å². The first-order valence-electron chi connectivity index (χ1n) is 7.73. The highest BCUT2D eigenvalue weighted by molar-refractivity contribution is 5.89. The maximum atomic E-state index is 12.2. The highest BCUT2D eigenvalue weighted by Gasteiger charge is 2.06. The third-order valence-electron chi connectivity index (χ3n) is 3.92. The number of ether oxygens (including phenoxy) is 2. The van der Waals surface area contributed by atoms with Crippen LogP contribution in [0.25, 0.3) is 10.9 Å². The van der Waals surface area contributed by atoms with Crippen LogP contribution < -0.4 is 15.6 Å². The van der Waals surface area contributed by atoms with Crippen LogP contribution in [-0.4, -0.2) is 25.2 Å². The minimum absolute atomic E-state index is 0.153. The minimum Gasteiger partial charge on any atom is -0.497 e. The number of esters is 1. The lowest BCUT2D eigenvalue weighted by molar-refractivity contribution is 0.0601. The smallest absolute Gasteiger partial charge is 0.337 e. The Bertz CT molecular complexity index is 961. The molecule has 0 unspecified atom stereocenters. The fraction of sp³-hybridized carbons (Fsp3) is 0.158. The second kappa shape index (κ2) is 7.09. The van der Waals surface area contributed by atoms with Crippen molar-refractivity contribution in [3.05, 3.63) is 70.0 Å². The molecule has 0 aliphatic rings. The van der Waals surface area contributed by atoms with Crippen molar-refractivity contribution in [2.75, 3.05) is 19.5 Å². The summed E-state index contributed by atoms with van der Waals surface area (Å²) in [5.74, 6) is 0.313. The zero-order valence-corrected chi connectivity index (χ0v) is 14.0. The van der Waals surface area contributed by atoms with E-state index in [1.54, 1.807) is 37.4 Å². The lowest BCUT2D eigenvalue weighted by atomic mass is 10.1. The monoisotopic (exact) mass is 338 g/mol. The number of H-pyrrole nitrogens is 1. The van der Waals surface area contributed by atoms with Crippen molar-refractivity contribution in [2.24, 2.45) is 0 Å². The molecule has 0 spiro atoms. The van der Waals surface area contributed by atoms with Gasteiger partial charge in [-0.05, 0) is 47.9 Å². The van der Waals surface area contributed by atoms with Crippen molar-refractivity contribution in [1.29, 1.82) is 0 Å². The molecule has 6 heteroatoms. The summed E-state index contributed by atoms with van der Waals surface area (Å²) in [6.07, 6.45) is 0. The number of carbonyl (C=O) groups excluding carboxylic acids is 1. The maximum Gasteiger partial charge on any atom is 0.337 e. The van der Waals surface area contributed by atoms with Crippen LogP contribution in [0.1, 0.15) is 15.9 Å². The fourth-order valence-electron chi connectivity index (χ4n) is 2.52. The topological polar surface area (TPSA) is 80.4 Å². The van der Waals surface area contributed by atoms with Crippen LogP contribution in [0, 0.1) is 0 Å². The number of methoxy groups -OCH3 is 2. The number of nitrogens with one attached hydrogen (secondary N) is 2. The van der Waals surface area contributed by atoms with Crippen LogP contribution in [0.5, 0.6) is 5.75 Å². The molecular weight excluding hydrogens is 320 g/mol. The maximum absolute atomic E-state index is 12.2. The highest BCUT2D eigenvalue weighted by Crippen LogP contribution is 2.19. The van der Waals surface area contributed by atoms with E-state index in [2.05, 4.69) is 15.0 Å². The van der Waals surface area contributed by atoms with Crippen molar-refractivity contribution < 1.29 is 14.3 Å². The van der Waals surface area contributed by atoms with E-state index >= 15 is 0 Å². The number of carbonyl (C=O) groups is 1. The van der Waals surface area contributed by atoms with Crippen molar-refractivity contribution in [3.63, 3.8) is 0 Å². The number of benzene rings is 2. The van der Waals surface area contributed by atoms with E-state index in [0.29, 0.717) is 23.4 Å². The molecule has 2 aromatic carbocycles. The number of aromatic nitrogens is 1. The van der Waals surface area contributed by atoms with Gasteiger partial charge in [-0.25, -0.2) is 4.79 Å². The van der Waals surface area contributed by atoms with Gasteiger partial charge in [0.25, 0.3) is 5.56 Å². The number of aromatic amines is 1. The van der Waals surface area contributed by atoms with Gasteiger partial charge < -0.3 is 19.8 Å². The summed E-state index contributed by atoms with van der Waals surface area (Å²) in [6.45, 7) is 0.370. The number of hydrogen-bond acceptors (Lipinski definition) is 5. The second-order valence-electron chi connectivity index (χ2n) is 5.50. The van der Waals surface area contributed by atoms with Gasteiger partial charge in [-0.3, -0.25) is 4.79 Å². The minimum atomic E-state index is -0.382. The van der Waals surface area contributed by atoms with Crippen LogP contribution in [0.2, 0.25) is 0 Å². The average molecular weight is 338 g/mol. The second-order valence-corrected chi connectivity index (χ2v) is 5.50. The van der Waals surface area contributed by atoms with Crippen molar-refractivity contribution in [3.8, 4) is 5.75 Å². The van der Waals surface area contributed by atoms with Gasteiger partial charge in [-0.15, -0.1) is 0 Å². The Balaban J connectivity index is 1.77. The lowest BCUT2D eigenvalue weighted by Crippen LogP contribution is -2.15. The van der Waals surface area contributed by atoms with E-state index in [4.69, 9.17) is 4.74 Å². The molecule has 0 aliphatic heterocycles. The summed E-state index contributed by atoms with van der Waals surface area (Å²) in [6, 6.07) is 14.3. The molecule has 0 fully saturated rings. The molecule has 3 rings (SSSR count). The Labute approximate surface area is 144 Å². The third kappa shape index (κ3) is 3.63. The number of fused-ring (bicyclic) bond motifs is 1. The Morgan fingerprint density at radius 1 is 1.08 bits per heavy atom. The van der Waals surface area contributed by atoms with Gasteiger partial charge in [-0.1, -0.05) is 0 Å². The first kappa shape index (κ1) is 16.6. The normalized spacial score (nSPS) is 10.5. The Kier molecular flexibility index (Phi) is 4.70. The summed E-state index contributed by atoms with van der Waals surface area (Å²) in [5.41, 5.74) is 2.48. The highest BCUT2D eigenvalue weighted by atomic mass is 16.5. The van der Waals surface area contributed by atoms with Gasteiger partial charge in [0.1, 0.15) is 5.75 Å². The molecule has 25 heavy (non-hydrogen) atoms. The first-order chi connectivity index (χ1) is 12.1. The van der Waals surface area contributed by atoms with Crippen molar-refractivity contribution in [2.45, 2.75) is 6.54 Å². The molecule has 128 valence electrons. The number of pyridine rings is 1. The molecule has 0 bridgehead atoms. The van der Waals surface area contributed by atoms with Gasteiger partial charge in [0, 0.05) is 23.9 Å². The Morgan fingerprint density at radius 2 is 1.84 bits per heavy atom. The van der Waals surface area contributed by atoms with Crippen LogP contribution >= 0.6 is 0 Å². The van der Waals surface area contributed by atoms with E-state index in [1.807, 2.05) is 18.2 Å². The molecule has 2 N–H and O–H groups in total. The quantitative estimate of drug-likeness (QED) is 0.699. The largest absolute Gasteiger partial charge is 0.497 e. The summed E-state index contributed by atoms with van der Waals surface area (Å²) in [4.78, 5) is 26.5. The number of rotatable bonds is 5. The predicted octanol–water partition coefficient (Wildman–Crippen LogP) is 2.94. The summed E-state index contributed by atoms with van der Waals surface area (Å²) < 4.78 is 9.83. The number of hydrogen-bond donors (Lipinski definition) is 2. The van der Waals surface area contributed by atoms with Gasteiger partial charge in [0.15, 0.2) is 0 Å². The molecule has 0 aliphatic carbocycles. The summed E-state index contributed by atoms with van der Waals surface area (Å²) in [7, 11) is 2.93.